The Balaban J connectivity index is 3.06. The van der Waals surface area contributed by atoms with Gasteiger partial charge in [-0.25, -0.2) is 8.78 Å². The summed E-state index contributed by atoms with van der Waals surface area (Å²) in [7, 11) is 0. The van der Waals surface area contributed by atoms with E-state index in [1.807, 2.05) is 0 Å². The second kappa shape index (κ2) is 6.06. The van der Waals surface area contributed by atoms with Crippen molar-refractivity contribution in [2.45, 2.75) is 19.5 Å². The molecule has 0 aliphatic rings. The summed E-state index contributed by atoms with van der Waals surface area (Å²) in [5, 5.41) is 0. The number of amides is 1. The van der Waals surface area contributed by atoms with Gasteiger partial charge < -0.3 is 10.6 Å². The third-order valence-corrected chi connectivity index (χ3v) is 2.48. The van der Waals surface area contributed by atoms with E-state index in [4.69, 9.17) is 5.73 Å². The molecule has 0 atom stereocenters. The summed E-state index contributed by atoms with van der Waals surface area (Å²) in [5.74, 6) is -3.46. The van der Waals surface area contributed by atoms with Crippen molar-refractivity contribution in [3.8, 4) is 0 Å². The van der Waals surface area contributed by atoms with Gasteiger partial charge in [-0.2, -0.15) is 13.2 Å². The lowest BCUT2D eigenvalue weighted by atomic mass is 10.1. The molecule has 0 heterocycles. The van der Waals surface area contributed by atoms with Crippen molar-refractivity contribution < 1.29 is 26.7 Å². The standard InChI is InChI=1S/C12H13F5N2O/c1-2-3-19(6-12(15,16)17)11(20)7-4-8(13)10(18)9(14)5-7/h4-5H,2-3,6,18H2,1H3. The van der Waals surface area contributed by atoms with Crippen LogP contribution in [0.15, 0.2) is 12.1 Å². The topological polar surface area (TPSA) is 46.3 Å². The van der Waals surface area contributed by atoms with Gasteiger partial charge in [0.05, 0.1) is 0 Å². The fourth-order valence-corrected chi connectivity index (χ4v) is 1.63. The highest BCUT2D eigenvalue weighted by Crippen LogP contribution is 2.21. The second-order valence-electron chi connectivity index (χ2n) is 4.20. The maximum atomic E-state index is 13.2. The van der Waals surface area contributed by atoms with Gasteiger partial charge in [-0.05, 0) is 18.6 Å². The van der Waals surface area contributed by atoms with E-state index in [1.165, 1.54) is 0 Å². The lowest BCUT2D eigenvalue weighted by molar-refractivity contribution is -0.140. The van der Waals surface area contributed by atoms with Gasteiger partial charge in [0, 0.05) is 12.1 Å². The molecule has 0 spiro atoms. The van der Waals surface area contributed by atoms with Gasteiger partial charge in [0.2, 0.25) is 0 Å². The molecule has 0 aromatic heterocycles. The minimum absolute atomic E-state index is 0.175. The summed E-state index contributed by atoms with van der Waals surface area (Å²) in [6.07, 6.45) is -4.31. The molecular weight excluding hydrogens is 283 g/mol. The van der Waals surface area contributed by atoms with E-state index in [2.05, 4.69) is 0 Å². The van der Waals surface area contributed by atoms with Crippen LogP contribution in [-0.4, -0.2) is 30.1 Å². The summed E-state index contributed by atoms with van der Waals surface area (Å²) < 4.78 is 63.6. The van der Waals surface area contributed by atoms with Crippen molar-refractivity contribution in [1.29, 1.82) is 0 Å². The van der Waals surface area contributed by atoms with E-state index in [0.29, 0.717) is 17.0 Å². The Labute approximate surface area is 112 Å². The van der Waals surface area contributed by atoms with Gasteiger partial charge in [0.1, 0.15) is 23.9 Å². The average molecular weight is 296 g/mol. The second-order valence-corrected chi connectivity index (χ2v) is 4.20. The van der Waals surface area contributed by atoms with Crippen LogP contribution in [0.25, 0.3) is 0 Å². The maximum Gasteiger partial charge on any atom is 0.406 e. The highest BCUT2D eigenvalue weighted by molar-refractivity contribution is 5.94. The van der Waals surface area contributed by atoms with Crippen LogP contribution in [0.3, 0.4) is 0 Å². The van der Waals surface area contributed by atoms with Crippen LogP contribution >= 0.6 is 0 Å². The molecule has 0 aliphatic carbocycles. The van der Waals surface area contributed by atoms with Crippen LogP contribution < -0.4 is 5.73 Å². The molecule has 1 rings (SSSR count). The number of nitrogens with two attached hydrogens (primary N) is 1. The van der Waals surface area contributed by atoms with Crippen LogP contribution in [0.1, 0.15) is 23.7 Å². The molecule has 3 nitrogen and oxygen atoms in total. The molecule has 1 amide bonds. The summed E-state index contributed by atoms with van der Waals surface area (Å²) in [6, 6.07) is 1.25. The van der Waals surface area contributed by atoms with Gasteiger partial charge in [-0.15, -0.1) is 0 Å². The Kier molecular flexibility index (Phi) is 4.91. The number of rotatable bonds is 4. The molecular formula is C12H13F5N2O. The third-order valence-electron chi connectivity index (χ3n) is 2.48. The molecule has 0 saturated carbocycles. The normalized spacial score (nSPS) is 11.5. The summed E-state index contributed by atoms with van der Waals surface area (Å²) in [4.78, 5) is 12.4. The van der Waals surface area contributed by atoms with Crippen molar-refractivity contribution >= 4 is 11.6 Å². The molecule has 20 heavy (non-hydrogen) atoms. The molecule has 0 radical (unpaired) electrons. The predicted molar refractivity (Wildman–Crippen MR) is 63.0 cm³/mol. The number of alkyl halides is 3. The molecule has 0 unspecified atom stereocenters. The largest absolute Gasteiger partial charge is 0.406 e. The minimum Gasteiger partial charge on any atom is -0.394 e. The van der Waals surface area contributed by atoms with Crippen molar-refractivity contribution in [2.24, 2.45) is 0 Å². The van der Waals surface area contributed by atoms with Crippen molar-refractivity contribution in [1.82, 2.24) is 4.90 Å². The molecule has 0 saturated heterocycles. The fourth-order valence-electron chi connectivity index (χ4n) is 1.63. The summed E-state index contributed by atoms with van der Waals surface area (Å²) in [5.41, 5.74) is 3.75. The summed E-state index contributed by atoms with van der Waals surface area (Å²) >= 11 is 0. The van der Waals surface area contributed by atoms with Gasteiger partial charge in [-0.1, -0.05) is 6.92 Å². The number of benzene rings is 1. The first kappa shape index (κ1) is 16.2. The third kappa shape index (κ3) is 4.07. The van der Waals surface area contributed by atoms with E-state index in [9.17, 15) is 26.7 Å². The lowest BCUT2D eigenvalue weighted by Gasteiger charge is -2.23. The fraction of sp³-hybridized carbons (Fsp3) is 0.417. The number of nitrogen functional groups attached to an aromatic ring is 1. The Morgan fingerprint density at radius 1 is 1.25 bits per heavy atom. The van der Waals surface area contributed by atoms with Crippen LogP contribution in [-0.2, 0) is 0 Å². The number of anilines is 1. The van der Waals surface area contributed by atoms with E-state index in [1.54, 1.807) is 6.92 Å². The zero-order valence-electron chi connectivity index (χ0n) is 10.6. The number of nitrogens with zero attached hydrogens (tertiary/aromatic N) is 1. The maximum absolute atomic E-state index is 13.2. The van der Waals surface area contributed by atoms with Crippen LogP contribution in [0.5, 0.6) is 0 Å². The summed E-state index contributed by atoms with van der Waals surface area (Å²) in [6.45, 7) is -0.0694. The molecule has 1 aromatic carbocycles. The van der Waals surface area contributed by atoms with Gasteiger partial charge in [0.25, 0.3) is 5.91 Å². The molecule has 112 valence electrons. The minimum atomic E-state index is -4.59. The van der Waals surface area contributed by atoms with Crippen molar-refractivity contribution in [3.63, 3.8) is 0 Å². The first-order valence-electron chi connectivity index (χ1n) is 5.76. The molecule has 2 N–H and O–H groups in total. The SMILES string of the molecule is CCCN(CC(F)(F)F)C(=O)c1cc(F)c(N)c(F)c1. The van der Waals surface area contributed by atoms with Gasteiger partial charge >= 0.3 is 6.18 Å². The predicted octanol–water partition coefficient (Wildman–Crippen LogP) is 2.96. The zero-order chi connectivity index (χ0) is 15.5. The Morgan fingerprint density at radius 2 is 1.75 bits per heavy atom. The van der Waals surface area contributed by atoms with E-state index < -0.39 is 41.5 Å². The average Bonchev–Trinajstić information content (AvgIpc) is 2.32. The molecule has 1 aromatic rings. The molecule has 0 fully saturated rings. The van der Waals surface area contributed by atoms with Crippen molar-refractivity contribution in [3.05, 3.63) is 29.3 Å². The number of hydrogen-bond donors (Lipinski definition) is 1. The van der Waals surface area contributed by atoms with E-state index in [0.717, 1.165) is 0 Å². The smallest absolute Gasteiger partial charge is 0.394 e. The van der Waals surface area contributed by atoms with Crippen LogP contribution in [0.4, 0.5) is 27.6 Å². The van der Waals surface area contributed by atoms with E-state index in [-0.39, 0.29) is 13.0 Å². The van der Waals surface area contributed by atoms with Crippen LogP contribution in [0, 0.1) is 11.6 Å². The van der Waals surface area contributed by atoms with Gasteiger partial charge in [-0.3, -0.25) is 4.79 Å². The van der Waals surface area contributed by atoms with Crippen LogP contribution in [0.2, 0.25) is 0 Å². The Hall–Kier alpha value is -1.86. The highest BCUT2D eigenvalue weighted by Gasteiger charge is 2.33. The number of carbonyl (C=O) groups excluding carboxylic acids is 1. The Bertz CT molecular complexity index is 478. The Morgan fingerprint density at radius 3 is 2.15 bits per heavy atom. The first-order valence-corrected chi connectivity index (χ1v) is 5.76. The number of halogens is 5. The zero-order valence-corrected chi connectivity index (χ0v) is 10.6. The quantitative estimate of drug-likeness (QED) is 0.686. The molecule has 8 heteroatoms. The first-order chi connectivity index (χ1) is 9.15. The lowest BCUT2D eigenvalue weighted by Crippen LogP contribution is -2.39. The van der Waals surface area contributed by atoms with Crippen molar-refractivity contribution in [2.75, 3.05) is 18.8 Å². The monoisotopic (exact) mass is 296 g/mol. The van der Waals surface area contributed by atoms with E-state index >= 15 is 0 Å². The molecule has 0 aliphatic heterocycles. The number of carbonyl (C=O) groups is 1. The van der Waals surface area contributed by atoms with Gasteiger partial charge in [0.15, 0.2) is 0 Å². The number of hydrogen-bond acceptors (Lipinski definition) is 2. The molecule has 0 bridgehead atoms. The highest BCUT2D eigenvalue weighted by atomic mass is 19.4.